The zero-order valence-electron chi connectivity index (χ0n) is 7.50. The van der Waals surface area contributed by atoms with Gasteiger partial charge in [-0.3, -0.25) is 9.59 Å². The van der Waals surface area contributed by atoms with Gasteiger partial charge >= 0.3 is 5.97 Å². The van der Waals surface area contributed by atoms with E-state index in [-0.39, 0.29) is 23.6 Å². The minimum atomic E-state index is -0.207. The Bertz CT molecular complexity index is 198. The molecule has 1 aliphatic carbocycles. The minimum absolute atomic E-state index is 0.0455. The highest BCUT2D eigenvalue weighted by atomic mass is 16.5. The lowest BCUT2D eigenvalue weighted by molar-refractivity contribution is -0.142. The van der Waals surface area contributed by atoms with Gasteiger partial charge in [0.2, 0.25) is 0 Å². The van der Waals surface area contributed by atoms with Gasteiger partial charge in [0.15, 0.2) is 0 Å². The molecule has 1 aliphatic rings. The Balaban J connectivity index is 2.44. The molecule has 0 radical (unpaired) electrons. The molecule has 3 heteroatoms. The highest BCUT2D eigenvalue weighted by Gasteiger charge is 2.32. The molecule has 0 N–H and O–H groups in total. The topological polar surface area (TPSA) is 43.4 Å². The summed E-state index contributed by atoms with van der Waals surface area (Å²) in [5.41, 5.74) is 0. The van der Waals surface area contributed by atoms with Crippen LogP contribution >= 0.6 is 0 Å². The van der Waals surface area contributed by atoms with Crippen LogP contribution in [-0.2, 0) is 14.3 Å². The first-order valence-electron chi connectivity index (χ1n) is 4.24. The van der Waals surface area contributed by atoms with Crippen LogP contribution < -0.4 is 0 Å². The molecule has 0 spiro atoms. The highest BCUT2D eigenvalue weighted by Crippen LogP contribution is 2.30. The summed E-state index contributed by atoms with van der Waals surface area (Å²) >= 11 is 0. The summed E-state index contributed by atoms with van der Waals surface area (Å²) in [5.74, 6) is 0.333. The first kappa shape index (κ1) is 9.23. The lowest BCUT2D eigenvalue weighted by Gasteiger charge is -2.11. The second-order valence-electron chi connectivity index (χ2n) is 3.33. The van der Waals surface area contributed by atoms with Gasteiger partial charge in [0, 0.05) is 18.8 Å². The molecule has 0 aromatic heterocycles. The van der Waals surface area contributed by atoms with Crippen molar-refractivity contribution in [2.24, 2.45) is 11.8 Å². The van der Waals surface area contributed by atoms with Crippen molar-refractivity contribution in [2.75, 3.05) is 7.11 Å². The maximum absolute atomic E-state index is 11.1. The molecule has 1 fully saturated rings. The van der Waals surface area contributed by atoms with Gasteiger partial charge in [-0.25, -0.2) is 0 Å². The van der Waals surface area contributed by atoms with E-state index in [2.05, 4.69) is 4.74 Å². The molecule has 3 nitrogen and oxygen atoms in total. The SMILES string of the molecule is COC(=O)C[C@@H]1CCC(=O)[C@@H]1C. The Morgan fingerprint density at radius 2 is 2.33 bits per heavy atom. The Morgan fingerprint density at radius 3 is 2.75 bits per heavy atom. The first-order valence-corrected chi connectivity index (χ1v) is 4.24. The van der Waals surface area contributed by atoms with Gasteiger partial charge in [0.1, 0.15) is 5.78 Å². The van der Waals surface area contributed by atoms with Crippen LogP contribution in [-0.4, -0.2) is 18.9 Å². The second kappa shape index (κ2) is 3.70. The van der Waals surface area contributed by atoms with Gasteiger partial charge in [0.25, 0.3) is 0 Å². The molecule has 0 amide bonds. The van der Waals surface area contributed by atoms with E-state index < -0.39 is 0 Å². The number of carbonyl (C=O) groups is 2. The van der Waals surface area contributed by atoms with Gasteiger partial charge in [-0.05, 0) is 12.3 Å². The smallest absolute Gasteiger partial charge is 0.305 e. The maximum atomic E-state index is 11.1. The standard InChI is InChI=1S/C9H14O3/c1-6-7(3-4-8(6)10)5-9(11)12-2/h6-7H,3-5H2,1-2H3/t6-,7+/m1/s1. The molecule has 0 aliphatic heterocycles. The molecule has 68 valence electrons. The fourth-order valence-corrected chi connectivity index (χ4v) is 1.64. The van der Waals surface area contributed by atoms with Crippen LogP contribution in [0.2, 0.25) is 0 Å². The molecular weight excluding hydrogens is 156 g/mol. The third-order valence-corrected chi connectivity index (χ3v) is 2.63. The minimum Gasteiger partial charge on any atom is -0.469 e. The molecule has 2 atom stereocenters. The van der Waals surface area contributed by atoms with Crippen LogP contribution in [0.5, 0.6) is 0 Å². The van der Waals surface area contributed by atoms with Crippen LogP contribution in [0.25, 0.3) is 0 Å². The molecule has 1 rings (SSSR count). The Labute approximate surface area is 72.1 Å². The van der Waals surface area contributed by atoms with Crippen LogP contribution in [0.1, 0.15) is 26.2 Å². The molecular formula is C9H14O3. The average molecular weight is 170 g/mol. The van der Waals surface area contributed by atoms with Crippen molar-refractivity contribution >= 4 is 11.8 Å². The van der Waals surface area contributed by atoms with Gasteiger partial charge in [-0.15, -0.1) is 0 Å². The average Bonchev–Trinajstić information content (AvgIpc) is 2.36. The first-order chi connectivity index (χ1) is 5.65. The molecule has 0 aromatic carbocycles. The fraction of sp³-hybridized carbons (Fsp3) is 0.778. The third-order valence-electron chi connectivity index (χ3n) is 2.63. The van der Waals surface area contributed by atoms with E-state index in [9.17, 15) is 9.59 Å². The molecule has 0 unspecified atom stereocenters. The zero-order valence-corrected chi connectivity index (χ0v) is 7.50. The Hall–Kier alpha value is -0.860. The summed E-state index contributed by atoms with van der Waals surface area (Å²) in [6, 6.07) is 0. The number of esters is 1. The molecule has 0 heterocycles. The number of hydrogen-bond donors (Lipinski definition) is 0. The largest absolute Gasteiger partial charge is 0.469 e. The van der Waals surface area contributed by atoms with Gasteiger partial charge in [-0.1, -0.05) is 6.92 Å². The summed E-state index contributed by atoms with van der Waals surface area (Å²) in [4.78, 5) is 22.0. The van der Waals surface area contributed by atoms with Crippen molar-refractivity contribution in [1.82, 2.24) is 0 Å². The van der Waals surface area contributed by atoms with Gasteiger partial charge in [0.05, 0.1) is 7.11 Å². The normalized spacial score (nSPS) is 29.0. The Kier molecular flexibility index (Phi) is 2.84. The van der Waals surface area contributed by atoms with Crippen LogP contribution in [0, 0.1) is 11.8 Å². The van der Waals surface area contributed by atoms with E-state index in [4.69, 9.17) is 0 Å². The summed E-state index contributed by atoms with van der Waals surface area (Å²) in [6.45, 7) is 1.89. The molecule has 0 bridgehead atoms. The summed E-state index contributed by atoms with van der Waals surface area (Å²) in [6.07, 6.45) is 1.86. The van der Waals surface area contributed by atoms with E-state index in [1.54, 1.807) is 0 Å². The molecule has 12 heavy (non-hydrogen) atoms. The van der Waals surface area contributed by atoms with Crippen molar-refractivity contribution in [1.29, 1.82) is 0 Å². The van der Waals surface area contributed by atoms with Gasteiger partial charge < -0.3 is 4.74 Å². The van der Waals surface area contributed by atoms with Crippen molar-refractivity contribution < 1.29 is 14.3 Å². The quantitative estimate of drug-likeness (QED) is 0.584. The van der Waals surface area contributed by atoms with E-state index in [0.29, 0.717) is 12.8 Å². The Morgan fingerprint density at radius 1 is 1.67 bits per heavy atom. The lowest BCUT2D eigenvalue weighted by Crippen LogP contribution is -2.15. The zero-order chi connectivity index (χ0) is 9.14. The van der Waals surface area contributed by atoms with E-state index in [1.807, 2.05) is 6.92 Å². The second-order valence-corrected chi connectivity index (χ2v) is 3.33. The number of hydrogen-bond acceptors (Lipinski definition) is 3. The summed E-state index contributed by atoms with van der Waals surface area (Å²) in [7, 11) is 1.38. The van der Waals surface area contributed by atoms with Crippen LogP contribution in [0.15, 0.2) is 0 Å². The highest BCUT2D eigenvalue weighted by molar-refractivity contribution is 5.84. The monoisotopic (exact) mass is 170 g/mol. The van der Waals surface area contributed by atoms with Gasteiger partial charge in [-0.2, -0.15) is 0 Å². The van der Waals surface area contributed by atoms with Crippen molar-refractivity contribution in [3.63, 3.8) is 0 Å². The summed E-state index contributed by atoms with van der Waals surface area (Å²) < 4.78 is 4.55. The number of carbonyl (C=O) groups excluding carboxylic acids is 2. The van der Waals surface area contributed by atoms with Crippen molar-refractivity contribution in [3.05, 3.63) is 0 Å². The third kappa shape index (κ3) is 1.84. The number of rotatable bonds is 2. The van der Waals surface area contributed by atoms with Crippen LogP contribution in [0.4, 0.5) is 0 Å². The predicted octanol–water partition coefficient (Wildman–Crippen LogP) is 1.16. The van der Waals surface area contributed by atoms with Crippen molar-refractivity contribution in [3.8, 4) is 0 Å². The molecule has 1 saturated carbocycles. The number of ether oxygens (including phenoxy) is 1. The number of methoxy groups -OCH3 is 1. The summed E-state index contributed by atoms with van der Waals surface area (Å²) in [5, 5.41) is 0. The van der Waals surface area contributed by atoms with E-state index in [1.165, 1.54) is 7.11 Å². The molecule has 0 saturated heterocycles. The predicted molar refractivity (Wildman–Crippen MR) is 43.5 cm³/mol. The fourth-order valence-electron chi connectivity index (χ4n) is 1.64. The maximum Gasteiger partial charge on any atom is 0.305 e. The van der Waals surface area contributed by atoms with E-state index >= 15 is 0 Å². The van der Waals surface area contributed by atoms with Crippen LogP contribution in [0.3, 0.4) is 0 Å². The molecule has 0 aromatic rings. The number of Topliss-reactive ketones (excluding diaryl/α,β-unsaturated/α-hetero) is 1. The van der Waals surface area contributed by atoms with E-state index in [0.717, 1.165) is 6.42 Å². The van der Waals surface area contributed by atoms with Crippen molar-refractivity contribution in [2.45, 2.75) is 26.2 Å². The lowest BCUT2D eigenvalue weighted by atomic mass is 9.94. The number of ketones is 1.